The van der Waals surface area contributed by atoms with Crippen LogP contribution in [0.4, 0.5) is 5.82 Å². The van der Waals surface area contributed by atoms with Gasteiger partial charge in [-0.25, -0.2) is 4.68 Å². The van der Waals surface area contributed by atoms with Crippen molar-refractivity contribution in [2.45, 2.75) is 13.8 Å². The predicted molar refractivity (Wildman–Crippen MR) is 127 cm³/mol. The lowest BCUT2D eigenvalue weighted by Gasteiger charge is -2.18. The average molecular weight is 474 g/mol. The maximum Gasteiger partial charge on any atom is 0.256 e. The first kappa shape index (κ1) is 20.8. The van der Waals surface area contributed by atoms with Crippen molar-refractivity contribution in [3.8, 4) is 16.8 Å². The van der Waals surface area contributed by atoms with Crippen LogP contribution in [0.25, 0.3) is 16.8 Å². The summed E-state index contributed by atoms with van der Waals surface area (Å²) in [6, 6.07) is 24.1. The van der Waals surface area contributed by atoms with Crippen LogP contribution in [0.3, 0.4) is 0 Å². The zero-order valence-corrected chi connectivity index (χ0v) is 18.7. The summed E-state index contributed by atoms with van der Waals surface area (Å²) in [5.41, 5.74) is 3.52. The number of nitrogens with zero attached hydrogens (tertiary/aromatic N) is 2. The van der Waals surface area contributed by atoms with Crippen LogP contribution in [-0.4, -0.2) is 15.7 Å². The van der Waals surface area contributed by atoms with E-state index in [4.69, 9.17) is 0 Å². The molecule has 6 heteroatoms. The summed E-state index contributed by atoms with van der Waals surface area (Å²) in [6.07, 6.45) is 0. The van der Waals surface area contributed by atoms with Crippen LogP contribution < -0.4 is 10.7 Å². The van der Waals surface area contributed by atoms with Gasteiger partial charge in [-0.3, -0.25) is 9.59 Å². The molecule has 0 fully saturated rings. The highest BCUT2D eigenvalue weighted by Gasteiger charge is 2.20. The molecule has 0 aliphatic carbocycles. The molecule has 0 bridgehead atoms. The van der Waals surface area contributed by atoms with Crippen molar-refractivity contribution in [2.24, 2.45) is 0 Å². The molecule has 4 aromatic rings. The van der Waals surface area contributed by atoms with Crippen LogP contribution in [0, 0.1) is 13.8 Å². The number of halogens is 1. The van der Waals surface area contributed by atoms with Crippen molar-refractivity contribution < 1.29 is 4.79 Å². The van der Waals surface area contributed by atoms with E-state index in [1.807, 2.05) is 73.7 Å². The van der Waals surface area contributed by atoms with Gasteiger partial charge in [0, 0.05) is 10.0 Å². The molecule has 1 N–H and O–H groups in total. The first-order valence-electron chi connectivity index (χ1n) is 9.77. The number of aryl methyl sites for hydroxylation is 2. The largest absolute Gasteiger partial charge is 0.306 e. The van der Waals surface area contributed by atoms with E-state index in [9.17, 15) is 9.59 Å². The zero-order valence-electron chi connectivity index (χ0n) is 17.1. The average Bonchev–Trinajstić information content (AvgIpc) is 2.78. The fourth-order valence-electron chi connectivity index (χ4n) is 3.28. The van der Waals surface area contributed by atoms with Crippen LogP contribution >= 0.6 is 15.9 Å². The smallest absolute Gasteiger partial charge is 0.256 e. The number of nitrogens with one attached hydrogen (secondary N) is 1. The lowest BCUT2D eigenvalue weighted by atomic mass is 10.0. The van der Waals surface area contributed by atoms with Gasteiger partial charge in [0.05, 0.1) is 11.3 Å². The Bertz CT molecular complexity index is 1300. The van der Waals surface area contributed by atoms with Gasteiger partial charge in [0.15, 0.2) is 0 Å². The maximum absolute atomic E-state index is 13.2. The van der Waals surface area contributed by atoms with Gasteiger partial charge in [-0.15, -0.1) is 0 Å². The quantitative estimate of drug-likeness (QED) is 0.423. The third-order valence-corrected chi connectivity index (χ3v) is 5.46. The highest BCUT2D eigenvalue weighted by atomic mass is 79.9. The number of hydrogen-bond acceptors (Lipinski definition) is 3. The minimum absolute atomic E-state index is 0.223. The number of aromatic nitrogens is 2. The molecule has 0 unspecified atom stereocenters. The second-order valence-electron chi connectivity index (χ2n) is 7.21. The van der Waals surface area contributed by atoms with E-state index >= 15 is 0 Å². The summed E-state index contributed by atoms with van der Waals surface area (Å²) in [6.45, 7) is 3.64. The minimum Gasteiger partial charge on any atom is -0.306 e. The summed E-state index contributed by atoms with van der Waals surface area (Å²) in [5, 5.41) is 7.44. The van der Waals surface area contributed by atoms with Crippen molar-refractivity contribution in [2.75, 3.05) is 5.32 Å². The number of carbonyl (C=O) groups excluding carboxylic acids is 1. The second-order valence-corrected chi connectivity index (χ2v) is 8.13. The third-order valence-electron chi connectivity index (χ3n) is 4.93. The van der Waals surface area contributed by atoms with Gasteiger partial charge in [0.25, 0.3) is 5.91 Å². The van der Waals surface area contributed by atoms with Gasteiger partial charge in [0.2, 0.25) is 5.43 Å². The SMILES string of the molecule is Cc1ccc(C(=O)Nc2c(-c3ccccc3)c(=O)c(C)nn2-c2ccc(Br)cc2)cc1. The summed E-state index contributed by atoms with van der Waals surface area (Å²) in [7, 11) is 0. The van der Waals surface area contributed by atoms with Crippen molar-refractivity contribution in [3.63, 3.8) is 0 Å². The van der Waals surface area contributed by atoms with Crippen LogP contribution in [-0.2, 0) is 0 Å². The third kappa shape index (κ3) is 4.34. The zero-order chi connectivity index (χ0) is 22.0. The highest BCUT2D eigenvalue weighted by Crippen LogP contribution is 2.28. The number of rotatable bonds is 4. The normalized spacial score (nSPS) is 10.7. The van der Waals surface area contributed by atoms with Crippen molar-refractivity contribution >= 4 is 27.7 Å². The van der Waals surface area contributed by atoms with Gasteiger partial charge in [-0.2, -0.15) is 5.10 Å². The number of carbonyl (C=O) groups is 1. The van der Waals surface area contributed by atoms with E-state index in [-0.39, 0.29) is 11.3 Å². The first-order chi connectivity index (χ1) is 14.9. The molecule has 31 heavy (non-hydrogen) atoms. The van der Waals surface area contributed by atoms with Gasteiger partial charge >= 0.3 is 0 Å². The topological polar surface area (TPSA) is 64.0 Å². The molecule has 0 saturated heterocycles. The molecule has 1 amide bonds. The van der Waals surface area contributed by atoms with Crippen LogP contribution in [0.15, 0.2) is 88.1 Å². The summed E-state index contributed by atoms with van der Waals surface area (Å²) in [5.74, 6) is 0.0165. The molecule has 5 nitrogen and oxygen atoms in total. The summed E-state index contributed by atoms with van der Waals surface area (Å²) < 4.78 is 2.53. The Labute approximate surface area is 188 Å². The molecule has 1 heterocycles. The monoisotopic (exact) mass is 473 g/mol. The van der Waals surface area contributed by atoms with Gasteiger partial charge < -0.3 is 5.32 Å². The molecule has 4 rings (SSSR count). The Morgan fingerprint density at radius 1 is 0.903 bits per heavy atom. The first-order valence-corrected chi connectivity index (χ1v) is 10.6. The molecule has 0 spiro atoms. The summed E-state index contributed by atoms with van der Waals surface area (Å²) >= 11 is 3.44. The number of benzene rings is 3. The second kappa shape index (κ2) is 8.70. The Hall–Kier alpha value is -3.51. The van der Waals surface area contributed by atoms with Crippen LogP contribution in [0.5, 0.6) is 0 Å². The van der Waals surface area contributed by atoms with Gasteiger partial charge in [-0.05, 0) is 55.8 Å². The van der Waals surface area contributed by atoms with E-state index in [0.717, 1.165) is 15.7 Å². The van der Waals surface area contributed by atoms with Crippen molar-refractivity contribution in [1.29, 1.82) is 0 Å². The molecular weight excluding hydrogens is 454 g/mol. The highest BCUT2D eigenvalue weighted by molar-refractivity contribution is 9.10. The number of amides is 1. The molecule has 0 atom stereocenters. The number of anilines is 1. The molecule has 154 valence electrons. The Kier molecular flexibility index (Phi) is 5.82. The van der Waals surface area contributed by atoms with Crippen LogP contribution in [0.2, 0.25) is 0 Å². The van der Waals surface area contributed by atoms with E-state index in [1.165, 1.54) is 0 Å². The maximum atomic E-state index is 13.2. The Morgan fingerprint density at radius 2 is 1.55 bits per heavy atom. The standard InChI is InChI=1S/C25H20BrN3O2/c1-16-8-10-19(11-9-16)25(31)27-24-22(18-6-4-3-5-7-18)23(30)17(2)28-29(24)21-14-12-20(26)13-15-21/h3-15H,1-2H3,(H,27,31). The molecule has 0 radical (unpaired) electrons. The summed E-state index contributed by atoms with van der Waals surface area (Å²) in [4.78, 5) is 26.2. The van der Waals surface area contributed by atoms with E-state index in [2.05, 4.69) is 26.3 Å². The van der Waals surface area contributed by atoms with Crippen molar-refractivity contribution in [1.82, 2.24) is 9.78 Å². The molecular formula is C25H20BrN3O2. The van der Waals surface area contributed by atoms with Crippen molar-refractivity contribution in [3.05, 3.63) is 110 Å². The van der Waals surface area contributed by atoms with Gasteiger partial charge in [-0.1, -0.05) is 64.0 Å². The molecule has 3 aromatic carbocycles. The lowest BCUT2D eigenvalue weighted by molar-refractivity contribution is 0.102. The predicted octanol–water partition coefficient (Wildman–Crippen LogP) is 5.53. The molecule has 0 aliphatic rings. The van der Waals surface area contributed by atoms with E-state index in [1.54, 1.807) is 23.7 Å². The molecule has 0 saturated carbocycles. The Balaban J connectivity index is 1.94. The number of hydrogen-bond donors (Lipinski definition) is 1. The Morgan fingerprint density at radius 3 is 2.19 bits per heavy atom. The van der Waals surface area contributed by atoms with Crippen LogP contribution in [0.1, 0.15) is 21.6 Å². The minimum atomic E-state index is -0.312. The molecule has 1 aromatic heterocycles. The fraction of sp³-hybridized carbons (Fsp3) is 0.0800. The van der Waals surface area contributed by atoms with E-state index < -0.39 is 0 Å². The fourth-order valence-corrected chi connectivity index (χ4v) is 3.55. The molecule has 0 aliphatic heterocycles. The van der Waals surface area contributed by atoms with Gasteiger partial charge in [0.1, 0.15) is 11.5 Å². The lowest BCUT2D eigenvalue weighted by Crippen LogP contribution is -2.24. The van der Waals surface area contributed by atoms with E-state index in [0.29, 0.717) is 28.2 Å².